The Morgan fingerprint density at radius 3 is 2.93 bits per heavy atom. The molecule has 1 aromatic rings. The first-order chi connectivity index (χ1) is 6.75. The van der Waals surface area contributed by atoms with Crippen molar-refractivity contribution in [1.29, 1.82) is 5.41 Å². The highest BCUT2D eigenvalue weighted by atomic mass is 16.5. The molecule has 0 aliphatic heterocycles. The highest BCUT2D eigenvalue weighted by molar-refractivity contribution is 5.92. The Hall–Kier alpha value is -1.65. The number of ether oxygens (including phenoxy) is 1. The normalized spacial score (nSPS) is 16.0. The van der Waals surface area contributed by atoms with Gasteiger partial charge in [-0.1, -0.05) is 0 Å². The molecule has 3 N–H and O–H groups in total. The fraction of sp³-hybridized carbons (Fsp3) is 0.444. The predicted molar refractivity (Wildman–Crippen MR) is 51.3 cm³/mol. The van der Waals surface area contributed by atoms with Gasteiger partial charge in [0.15, 0.2) is 0 Å². The molecule has 1 fully saturated rings. The molecule has 1 heterocycles. The van der Waals surface area contributed by atoms with E-state index in [2.05, 4.69) is 9.97 Å². The van der Waals surface area contributed by atoms with E-state index < -0.39 is 0 Å². The Morgan fingerprint density at radius 2 is 2.36 bits per heavy atom. The summed E-state index contributed by atoms with van der Waals surface area (Å²) in [7, 11) is 0. The van der Waals surface area contributed by atoms with Gasteiger partial charge >= 0.3 is 6.01 Å². The Balaban J connectivity index is 2.09. The van der Waals surface area contributed by atoms with E-state index in [4.69, 9.17) is 15.9 Å². The summed E-state index contributed by atoms with van der Waals surface area (Å²) in [5.41, 5.74) is 5.71. The molecule has 2 rings (SSSR count). The molecule has 0 unspecified atom stereocenters. The summed E-state index contributed by atoms with van der Waals surface area (Å²) in [4.78, 5) is 7.97. The number of nitrogens with one attached hydrogen (secondary N) is 1. The largest absolute Gasteiger partial charge is 0.460 e. The average Bonchev–Trinajstić information content (AvgIpc) is 2.12. The number of hydrogen-bond acceptors (Lipinski definition) is 4. The van der Waals surface area contributed by atoms with Crippen LogP contribution in [0.25, 0.3) is 0 Å². The Bertz CT molecular complexity index is 348. The van der Waals surface area contributed by atoms with Gasteiger partial charge in [0.2, 0.25) is 0 Å². The first kappa shape index (κ1) is 8.93. The quantitative estimate of drug-likeness (QED) is 0.545. The molecule has 14 heavy (non-hydrogen) atoms. The summed E-state index contributed by atoms with van der Waals surface area (Å²) in [6, 6.07) is 1.91. The van der Waals surface area contributed by atoms with Crippen LogP contribution >= 0.6 is 0 Å². The lowest BCUT2D eigenvalue weighted by molar-refractivity contribution is 0.108. The SMILES string of the molecule is N=C(N)c1ccnc(OC2CCC2)n1. The number of rotatable bonds is 3. The highest BCUT2D eigenvalue weighted by Crippen LogP contribution is 2.22. The first-order valence-electron chi connectivity index (χ1n) is 4.60. The first-order valence-corrected chi connectivity index (χ1v) is 4.60. The van der Waals surface area contributed by atoms with Gasteiger partial charge < -0.3 is 10.5 Å². The van der Waals surface area contributed by atoms with E-state index in [0.717, 1.165) is 12.8 Å². The molecule has 1 saturated carbocycles. The molecular formula is C9H12N4O. The van der Waals surface area contributed by atoms with Gasteiger partial charge in [0.25, 0.3) is 0 Å². The van der Waals surface area contributed by atoms with Crippen molar-refractivity contribution >= 4 is 5.84 Å². The lowest BCUT2D eigenvalue weighted by Gasteiger charge is -2.24. The zero-order chi connectivity index (χ0) is 9.97. The van der Waals surface area contributed by atoms with E-state index in [9.17, 15) is 0 Å². The third-order valence-electron chi connectivity index (χ3n) is 2.23. The zero-order valence-corrected chi connectivity index (χ0v) is 7.73. The fourth-order valence-electron chi connectivity index (χ4n) is 1.19. The maximum Gasteiger partial charge on any atom is 0.317 e. The summed E-state index contributed by atoms with van der Waals surface area (Å²) >= 11 is 0. The van der Waals surface area contributed by atoms with Crippen LogP contribution in [-0.2, 0) is 0 Å². The molecule has 0 atom stereocenters. The lowest BCUT2D eigenvalue weighted by Crippen LogP contribution is -2.26. The van der Waals surface area contributed by atoms with Crippen LogP contribution in [0.5, 0.6) is 6.01 Å². The lowest BCUT2D eigenvalue weighted by atomic mass is 9.96. The molecule has 1 aromatic heterocycles. The Kier molecular flexibility index (Phi) is 2.30. The zero-order valence-electron chi connectivity index (χ0n) is 7.73. The smallest absolute Gasteiger partial charge is 0.317 e. The number of nitrogens with two attached hydrogens (primary N) is 1. The summed E-state index contributed by atoms with van der Waals surface area (Å²) in [5, 5.41) is 7.21. The molecule has 0 saturated heterocycles. The van der Waals surface area contributed by atoms with Gasteiger partial charge in [0.05, 0.1) is 0 Å². The van der Waals surface area contributed by atoms with Crippen molar-refractivity contribution in [1.82, 2.24) is 9.97 Å². The molecule has 1 aliphatic rings. The molecule has 5 heteroatoms. The average molecular weight is 192 g/mol. The minimum Gasteiger partial charge on any atom is -0.460 e. The van der Waals surface area contributed by atoms with Crippen LogP contribution in [-0.4, -0.2) is 21.9 Å². The van der Waals surface area contributed by atoms with Crippen LogP contribution < -0.4 is 10.5 Å². The van der Waals surface area contributed by atoms with Crippen LogP contribution in [0.4, 0.5) is 0 Å². The van der Waals surface area contributed by atoms with Crippen molar-refractivity contribution in [2.75, 3.05) is 0 Å². The molecule has 0 bridgehead atoms. The van der Waals surface area contributed by atoms with Gasteiger partial charge in [-0.15, -0.1) is 0 Å². The second-order valence-corrected chi connectivity index (χ2v) is 3.31. The van der Waals surface area contributed by atoms with Crippen LogP contribution in [0.2, 0.25) is 0 Å². The molecule has 74 valence electrons. The molecule has 1 aliphatic carbocycles. The van der Waals surface area contributed by atoms with Gasteiger partial charge in [-0.05, 0) is 25.3 Å². The van der Waals surface area contributed by atoms with Gasteiger partial charge in [-0.25, -0.2) is 4.98 Å². The van der Waals surface area contributed by atoms with Crippen molar-refractivity contribution in [3.63, 3.8) is 0 Å². The van der Waals surface area contributed by atoms with Crippen LogP contribution in [0.1, 0.15) is 25.0 Å². The monoisotopic (exact) mass is 192 g/mol. The highest BCUT2D eigenvalue weighted by Gasteiger charge is 2.20. The number of aromatic nitrogens is 2. The number of nitrogen functional groups attached to an aromatic ring is 1. The van der Waals surface area contributed by atoms with Gasteiger partial charge in [0, 0.05) is 6.20 Å². The summed E-state index contributed by atoms with van der Waals surface area (Å²) < 4.78 is 5.47. The number of nitrogens with zero attached hydrogens (tertiary/aromatic N) is 2. The van der Waals surface area contributed by atoms with Crippen LogP contribution in [0.15, 0.2) is 12.3 Å². The van der Waals surface area contributed by atoms with Gasteiger partial charge in [0.1, 0.15) is 17.6 Å². The van der Waals surface area contributed by atoms with Gasteiger partial charge in [-0.2, -0.15) is 4.98 Å². The van der Waals surface area contributed by atoms with Crippen molar-refractivity contribution in [3.8, 4) is 6.01 Å². The second kappa shape index (κ2) is 3.61. The minimum absolute atomic E-state index is 0.0640. The van der Waals surface area contributed by atoms with Crippen molar-refractivity contribution in [2.24, 2.45) is 5.73 Å². The molecule has 0 amide bonds. The maximum atomic E-state index is 7.21. The van der Waals surface area contributed by atoms with E-state index in [-0.39, 0.29) is 11.9 Å². The second-order valence-electron chi connectivity index (χ2n) is 3.31. The van der Waals surface area contributed by atoms with Crippen LogP contribution in [0, 0.1) is 5.41 Å². The fourth-order valence-corrected chi connectivity index (χ4v) is 1.19. The summed E-state index contributed by atoms with van der Waals surface area (Å²) in [6.45, 7) is 0. The van der Waals surface area contributed by atoms with E-state index in [1.54, 1.807) is 12.3 Å². The predicted octanol–water partition coefficient (Wildman–Crippen LogP) is 0.692. The molecule has 0 aromatic carbocycles. The number of hydrogen-bond donors (Lipinski definition) is 2. The third kappa shape index (κ3) is 1.81. The molecule has 5 nitrogen and oxygen atoms in total. The molecule has 0 radical (unpaired) electrons. The minimum atomic E-state index is -0.0640. The van der Waals surface area contributed by atoms with E-state index in [1.165, 1.54) is 6.42 Å². The Labute approximate surface area is 81.8 Å². The Morgan fingerprint density at radius 1 is 1.57 bits per heavy atom. The number of amidine groups is 1. The van der Waals surface area contributed by atoms with Crippen molar-refractivity contribution in [2.45, 2.75) is 25.4 Å². The van der Waals surface area contributed by atoms with E-state index >= 15 is 0 Å². The summed E-state index contributed by atoms with van der Waals surface area (Å²) in [6.07, 6.45) is 5.13. The standard InChI is InChI=1S/C9H12N4O/c10-8(11)7-4-5-12-9(13-7)14-6-2-1-3-6/h4-6H,1-3H2,(H3,10,11). The van der Waals surface area contributed by atoms with Gasteiger partial charge in [-0.3, -0.25) is 5.41 Å². The van der Waals surface area contributed by atoms with E-state index in [1.807, 2.05) is 0 Å². The molecular weight excluding hydrogens is 180 g/mol. The summed E-state index contributed by atoms with van der Waals surface area (Å²) in [5.74, 6) is -0.0640. The topological polar surface area (TPSA) is 84.9 Å². The third-order valence-corrected chi connectivity index (χ3v) is 2.23. The van der Waals surface area contributed by atoms with Crippen LogP contribution in [0.3, 0.4) is 0 Å². The van der Waals surface area contributed by atoms with Crippen molar-refractivity contribution in [3.05, 3.63) is 18.0 Å². The van der Waals surface area contributed by atoms with Crippen molar-refractivity contribution < 1.29 is 4.74 Å². The molecule has 0 spiro atoms. The maximum absolute atomic E-state index is 7.21. The van der Waals surface area contributed by atoms with E-state index in [0.29, 0.717) is 11.7 Å².